The summed E-state index contributed by atoms with van der Waals surface area (Å²) in [6.45, 7) is 0. The molecule has 0 bridgehead atoms. The topological polar surface area (TPSA) is 50.5 Å². The molecule has 6 aromatic carbocycles. The van der Waals surface area contributed by atoms with E-state index in [-0.39, 0.29) is 11.8 Å². The van der Waals surface area contributed by atoms with Crippen LogP contribution in [-0.2, 0) is 0 Å². The molecular formula is C50H32N4. The van der Waals surface area contributed by atoms with E-state index in [2.05, 4.69) is 156 Å². The number of hydrogen-bond donors (Lipinski definition) is 0. The van der Waals surface area contributed by atoms with Gasteiger partial charge in [0.15, 0.2) is 0 Å². The van der Waals surface area contributed by atoms with E-state index in [1.165, 1.54) is 55.6 Å². The Morgan fingerprint density at radius 3 is 1.20 bits per heavy atom. The molecule has 0 N–H and O–H groups in total. The Kier molecular flexibility index (Phi) is 6.96. The molecule has 2 atom stereocenters. The van der Waals surface area contributed by atoms with Crippen molar-refractivity contribution in [2.75, 3.05) is 0 Å². The fourth-order valence-electron chi connectivity index (χ4n) is 8.85. The molecule has 3 aliphatic rings. The fourth-order valence-corrected chi connectivity index (χ4v) is 8.85. The molecule has 252 valence electrons. The highest BCUT2D eigenvalue weighted by Gasteiger charge is 2.32. The van der Waals surface area contributed by atoms with Gasteiger partial charge in [-0.1, -0.05) is 133 Å². The molecule has 0 radical (unpaired) electrons. The lowest BCUT2D eigenvalue weighted by Crippen LogP contribution is -2.11. The second-order valence-corrected chi connectivity index (χ2v) is 14.2. The molecule has 2 aliphatic carbocycles. The Balaban J connectivity index is 1.06. The molecular weight excluding hydrogens is 657 g/mol. The van der Waals surface area contributed by atoms with Crippen molar-refractivity contribution >= 4 is 22.8 Å². The number of aromatic nitrogens is 2. The molecule has 0 amide bonds. The second kappa shape index (κ2) is 12.3. The van der Waals surface area contributed by atoms with Gasteiger partial charge in [-0.25, -0.2) is 9.98 Å². The Morgan fingerprint density at radius 1 is 0.333 bits per heavy atom. The maximum absolute atomic E-state index is 5.46. The number of aliphatic imine (C=N–C) groups is 2. The van der Waals surface area contributed by atoms with Gasteiger partial charge in [-0.05, 0) is 79.9 Å². The van der Waals surface area contributed by atoms with E-state index >= 15 is 0 Å². The molecule has 0 spiro atoms. The monoisotopic (exact) mass is 688 g/mol. The van der Waals surface area contributed by atoms with E-state index in [0.29, 0.717) is 0 Å². The number of pyridine rings is 2. The van der Waals surface area contributed by atoms with Crippen molar-refractivity contribution in [3.05, 3.63) is 238 Å². The normalized spacial score (nSPS) is 16.0. The summed E-state index contributed by atoms with van der Waals surface area (Å²) in [5.41, 5.74) is 20.0. The molecule has 2 unspecified atom stereocenters. The predicted molar refractivity (Wildman–Crippen MR) is 218 cm³/mol. The number of hydrogen-bond acceptors (Lipinski definition) is 4. The van der Waals surface area contributed by atoms with Crippen LogP contribution >= 0.6 is 0 Å². The Morgan fingerprint density at radius 2 is 0.741 bits per heavy atom. The SMILES string of the molecule is c1ccc(C2c3ccccc3-c3cc(C4=Nc5ccncc5C(c5ccc6c(c5)-c5ccccc5C6c5ccccc5)=Nc5ccncc54)ccc32)cc1. The third kappa shape index (κ3) is 4.77. The first kappa shape index (κ1) is 30.6. The Hall–Kier alpha value is -7.04. The van der Waals surface area contributed by atoms with Crippen molar-refractivity contribution in [3.63, 3.8) is 0 Å². The zero-order chi connectivity index (χ0) is 35.6. The van der Waals surface area contributed by atoms with Crippen LogP contribution in [0.15, 0.2) is 192 Å². The van der Waals surface area contributed by atoms with Crippen LogP contribution in [0.3, 0.4) is 0 Å². The van der Waals surface area contributed by atoms with Gasteiger partial charge in [0.2, 0.25) is 0 Å². The molecule has 11 rings (SSSR count). The van der Waals surface area contributed by atoms with E-state index in [0.717, 1.165) is 45.1 Å². The van der Waals surface area contributed by atoms with E-state index in [1.54, 1.807) is 0 Å². The molecule has 0 saturated carbocycles. The number of fused-ring (bicyclic) bond motifs is 8. The van der Waals surface area contributed by atoms with Crippen molar-refractivity contribution in [2.45, 2.75) is 11.8 Å². The van der Waals surface area contributed by atoms with Crippen LogP contribution in [-0.4, -0.2) is 21.4 Å². The summed E-state index contributed by atoms with van der Waals surface area (Å²) in [6.07, 6.45) is 7.43. The Bertz CT molecular complexity index is 2640. The highest BCUT2D eigenvalue weighted by Crippen LogP contribution is 2.50. The third-order valence-corrected chi connectivity index (χ3v) is 11.2. The standard InChI is InChI=1S/C50H32N4/c1-3-11-31(12-4-1)47-37-17-9-7-15-35(37)41-27-33(19-21-39(41)47)49-43-29-51-25-23-45(43)54-50(44-30-52-26-24-46(44)53-49)34-20-22-40-42(28-34)36-16-8-10-18-38(36)48(40)32-13-5-2-6-14-32/h1-30,47-48H. The van der Waals surface area contributed by atoms with E-state index in [9.17, 15) is 0 Å². The van der Waals surface area contributed by atoms with Crippen molar-refractivity contribution in [2.24, 2.45) is 9.98 Å². The summed E-state index contributed by atoms with van der Waals surface area (Å²) < 4.78 is 0. The van der Waals surface area contributed by atoms with Gasteiger partial charge < -0.3 is 0 Å². The summed E-state index contributed by atoms with van der Waals surface area (Å²) in [5, 5.41) is 0. The smallest absolute Gasteiger partial charge is 0.0819 e. The van der Waals surface area contributed by atoms with Crippen molar-refractivity contribution < 1.29 is 0 Å². The maximum atomic E-state index is 5.46. The van der Waals surface area contributed by atoms with E-state index in [1.807, 2.05) is 36.9 Å². The molecule has 4 heteroatoms. The van der Waals surface area contributed by atoms with Gasteiger partial charge in [0.1, 0.15) is 0 Å². The van der Waals surface area contributed by atoms with Crippen LogP contribution in [0.4, 0.5) is 11.4 Å². The van der Waals surface area contributed by atoms with Crippen molar-refractivity contribution in [1.29, 1.82) is 0 Å². The molecule has 0 fully saturated rings. The summed E-state index contributed by atoms with van der Waals surface area (Å²) in [4.78, 5) is 20.1. The molecule has 4 nitrogen and oxygen atoms in total. The first-order chi connectivity index (χ1) is 26.8. The van der Waals surface area contributed by atoms with Crippen LogP contribution in [0.2, 0.25) is 0 Å². The quantitative estimate of drug-likeness (QED) is 0.185. The van der Waals surface area contributed by atoms with Gasteiger partial charge in [-0.15, -0.1) is 0 Å². The second-order valence-electron chi connectivity index (χ2n) is 14.2. The first-order valence-electron chi connectivity index (χ1n) is 18.4. The maximum Gasteiger partial charge on any atom is 0.0819 e. The highest BCUT2D eigenvalue weighted by molar-refractivity contribution is 6.23. The molecule has 3 heterocycles. The lowest BCUT2D eigenvalue weighted by molar-refractivity contribution is 1.01. The van der Waals surface area contributed by atoms with Gasteiger partial charge in [0, 0.05) is 58.9 Å². The minimum absolute atomic E-state index is 0.181. The van der Waals surface area contributed by atoms with Crippen LogP contribution in [0.25, 0.3) is 22.3 Å². The average molecular weight is 689 g/mol. The zero-order valence-electron chi connectivity index (χ0n) is 29.3. The highest BCUT2D eigenvalue weighted by atomic mass is 14.9. The lowest BCUT2D eigenvalue weighted by atomic mass is 9.88. The van der Waals surface area contributed by atoms with Crippen LogP contribution in [0.1, 0.15) is 67.5 Å². The van der Waals surface area contributed by atoms with Crippen molar-refractivity contribution in [3.8, 4) is 22.3 Å². The molecule has 2 aromatic heterocycles. The molecule has 54 heavy (non-hydrogen) atoms. The zero-order valence-corrected chi connectivity index (χ0v) is 29.3. The molecule has 0 saturated heterocycles. The van der Waals surface area contributed by atoms with Crippen LogP contribution < -0.4 is 0 Å². The summed E-state index contributed by atoms with van der Waals surface area (Å²) >= 11 is 0. The van der Waals surface area contributed by atoms with Gasteiger partial charge in [0.05, 0.1) is 22.8 Å². The minimum atomic E-state index is 0.181. The Labute approximate surface area is 314 Å². The van der Waals surface area contributed by atoms with Gasteiger partial charge in [-0.3, -0.25) is 9.97 Å². The number of rotatable bonds is 4. The number of benzene rings is 6. The summed E-state index contributed by atoms with van der Waals surface area (Å²) in [6, 6.07) is 56.7. The van der Waals surface area contributed by atoms with Crippen LogP contribution in [0, 0.1) is 0 Å². The van der Waals surface area contributed by atoms with Gasteiger partial charge >= 0.3 is 0 Å². The summed E-state index contributed by atoms with van der Waals surface area (Å²) in [7, 11) is 0. The largest absolute Gasteiger partial charge is 0.264 e. The van der Waals surface area contributed by atoms with Crippen LogP contribution in [0.5, 0.6) is 0 Å². The fraction of sp³-hybridized carbons (Fsp3) is 0.0400. The average Bonchev–Trinajstić information content (AvgIpc) is 3.74. The number of nitrogens with zero attached hydrogens (tertiary/aromatic N) is 4. The summed E-state index contributed by atoms with van der Waals surface area (Å²) in [5.74, 6) is 0.363. The van der Waals surface area contributed by atoms with Gasteiger partial charge in [0.25, 0.3) is 0 Å². The predicted octanol–water partition coefficient (Wildman–Crippen LogP) is 11.4. The van der Waals surface area contributed by atoms with Gasteiger partial charge in [-0.2, -0.15) is 0 Å². The molecule has 8 aromatic rings. The minimum Gasteiger partial charge on any atom is -0.264 e. The first-order valence-corrected chi connectivity index (χ1v) is 18.4. The lowest BCUT2D eigenvalue weighted by Gasteiger charge is -2.19. The van der Waals surface area contributed by atoms with Crippen molar-refractivity contribution in [1.82, 2.24) is 9.97 Å². The van der Waals surface area contributed by atoms with E-state index < -0.39 is 0 Å². The third-order valence-electron chi connectivity index (χ3n) is 11.2. The molecule has 1 aliphatic heterocycles. The van der Waals surface area contributed by atoms with E-state index in [4.69, 9.17) is 9.98 Å².